The van der Waals surface area contributed by atoms with Crippen LogP contribution in [0.15, 0.2) is 59.7 Å². The van der Waals surface area contributed by atoms with Gasteiger partial charge in [-0.1, -0.05) is 6.07 Å². The average Bonchev–Trinajstić information content (AvgIpc) is 2.82. The van der Waals surface area contributed by atoms with Crippen molar-refractivity contribution in [2.45, 2.75) is 18.6 Å². The predicted octanol–water partition coefficient (Wildman–Crippen LogP) is 1.68. The zero-order valence-corrected chi connectivity index (χ0v) is 17.6. The number of nitrogens with zero attached hydrogens (tertiary/aromatic N) is 4. The van der Waals surface area contributed by atoms with Gasteiger partial charge >= 0.3 is 0 Å². The summed E-state index contributed by atoms with van der Waals surface area (Å²) >= 11 is 0. The Balaban J connectivity index is 1.50. The number of rotatable bonds is 2. The monoisotopic (exact) mass is 429 g/mol. The topological polar surface area (TPSA) is 114 Å². The number of aliphatic hydroxyl groups excluding tert-OH is 1. The molecule has 1 aliphatic heterocycles. The van der Waals surface area contributed by atoms with Crippen LogP contribution in [-0.2, 0) is 7.05 Å². The molecule has 1 fully saturated rings. The lowest BCUT2D eigenvalue weighted by atomic mass is 10.0. The Hall–Kier alpha value is -3.62. The first-order valence-corrected chi connectivity index (χ1v) is 10.5. The van der Waals surface area contributed by atoms with Crippen molar-refractivity contribution in [3.63, 3.8) is 0 Å². The van der Waals surface area contributed by atoms with Crippen molar-refractivity contribution in [1.29, 1.82) is 0 Å². The van der Waals surface area contributed by atoms with Gasteiger partial charge in [0.05, 0.1) is 29.0 Å². The van der Waals surface area contributed by atoms with Crippen LogP contribution in [0.4, 0.5) is 0 Å². The molecule has 8 heteroatoms. The van der Waals surface area contributed by atoms with Gasteiger partial charge in [0, 0.05) is 48.9 Å². The number of aromatic nitrogens is 3. The Bertz CT molecular complexity index is 1410. The number of nitrogens with two attached hydrogens (primary N) is 1. The third kappa shape index (κ3) is 3.53. The fourth-order valence-electron chi connectivity index (χ4n) is 4.10. The molecule has 2 aromatic heterocycles. The lowest BCUT2D eigenvalue weighted by Crippen LogP contribution is -2.52. The van der Waals surface area contributed by atoms with Gasteiger partial charge in [-0.2, -0.15) is 0 Å². The van der Waals surface area contributed by atoms with Crippen molar-refractivity contribution in [2.24, 2.45) is 12.8 Å². The molecule has 162 valence electrons. The van der Waals surface area contributed by atoms with Crippen LogP contribution in [0.5, 0.6) is 0 Å². The molecule has 2 aromatic carbocycles. The van der Waals surface area contributed by atoms with Crippen molar-refractivity contribution in [2.75, 3.05) is 13.1 Å². The molecular formula is C24H23N5O3. The number of aliphatic hydroxyl groups is 1. The molecule has 1 amide bonds. The number of β-amino-alcohol motifs (C(OH)–C–C–N with tert-alkyl or cyclic N) is 1. The fraction of sp³-hybridized carbons (Fsp3) is 0.250. The summed E-state index contributed by atoms with van der Waals surface area (Å²) in [5, 5.41) is 11.5. The predicted molar refractivity (Wildman–Crippen MR) is 122 cm³/mol. The Kier molecular flexibility index (Phi) is 4.96. The van der Waals surface area contributed by atoms with E-state index < -0.39 is 6.10 Å². The van der Waals surface area contributed by atoms with E-state index in [2.05, 4.69) is 4.98 Å². The molecule has 2 unspecified atom stereocenters. The van der Waals surface area contributed by atoms with Crippen LogP contribution >= 0.6 is 0 Å². The zero-order valence-electron chi connectivity index (χ0n) is 17.6. The molecule has 0 saturated carbocycles. The highest BCUT2D eigenvalue weighted by molar-refractivity contribution is 5.97. The summed E-state index contributed by atoms with van der Waals surface area (Å²) in [7, 11) is 1.72. The Morgan fingerprint density at radius 1 is 1.16 bits per heavy atom. The second kappa shape index (κ2) is 7.81. The standard InChI is InChI=1S/C24H23N5O3/c1-28-8-6-14-10-15(2-4-17(14)24(28)32)21-12-26-19-5-3-16(11-20(19)27-21)23(31)29-9-7-18(25)22(30)13-29/h2-6,8,10-12,18,22,30H,7,9,13,25H2,1H3. The summed E-state index contributed by atoms with van der Waals surface area (Å²) in [5.74, 6) is -0.161. The summed E-state index contributed by atoms with van der Waals surface area (Å²) in [4.78, 5) is 36.1. The van der Waals surface area contributed by atoms with E-state index in [4.69, 9.17) is 10.7 Å². The van der Waals surface area contributed by atoms with Gasteiger partial charge < -0.3 is 20.3 Å². The van der Waals surface area contributed by atoms with Crippen molar-refractivity contribution in [3.05, 3.63) is 70.8 Å². The number of pyridine rings is 1. The first kappa shape index (κ1) is 20.3. The van der Waals surface area contributed by atoms with Gasteiger partial charge in [0.15, 0.2) is 0 Å². The minimum absolute atomic E-state index is 0.0504. The molecule has 3 N–H and O–H groups in total. The normalized spacial score (nSPS) is 18.9. The maximum absolute atomic E-state index is 13.0. The average molecular weight is 429 g/mol. The molecule has 5 rings (SSSR count). The van der Waals surface area contributed by atoms with E-state index in [0.29, 0.717) is 40.6 Å². The largest absolute Gasteiger partial charge is 0.390 e. The van der Waals surface area contributed by atoms with Crippen molar-refractivity contribution < 1.29 is 9.90 Å². The van der Waals surface area contributed by atoms with Gasteiger partial charge in [-0.25, -0.2) is 4.98 Å². The van der Waals surface area contributed by atoms with E-state index in [1.807, 2.05) is 18.2 Å². The van der Waals surface area contributed by atoms with E-state index in [1.54, 1.807) is 53.2 Å². The highest BCUT2D eigenvalue weighted by Crippen LogP contribution is 2.24. The maximum Gasteiger partial charge on any atom is 0.258 e. The number of carbonyl (C=O) groups is 1. The third-order valence-corrected chi connectivity index (χ3v) is 6.09. The van der Waals surface area contributed by atoms with Gasteiger partial charge in [-0.15, -0.1) is 0 Å². The van der Waals surface area contributed by atoms with Crippen LogP contribution in [0.1, 0.15) is 16.8 Å². The summed E-state index contributed by atoms with van der Waals surface area (Å²) in [6, 6.07) is 12.4. The number of hydrogen-bond donors (Lipinski definition) is 2. The fourth-order valence-corrected chi connectivity index (χ4v) is 4.10. The maximum atomic E-state index is 13.0. The van der Waals surface area contributed by atoms with Crippen LogP contribution in [0.2, 0.25) is 0 Å². The van der Waals surface area contributed by atoms with Gasteiger partial charge in [-0.05, 0) is 48.2 Å². The molecule has 1 aliphatic rings. The molecule has 0 spiro atoms. The number of benzene rings is 2. The molecule has 4 aromatic rings. The first-order valence-electron chi connectivity index (χ1n) is 10.5. The lowest BCUT2D eigenvalue weighted by molar-refractivity contribution is 0.0395. The van der Waals surface area contributed by atoms with E-state index >= 15 is 0 Å². The van der Waals surface area contributed by atoms with Crippen LogP contribution < -0.4 is 11.3 Å². The number of fused-ring (bicyclic) bond motifs is 2. The molecule has 0 aliphatic carbocycles. The number of likely N-dealkylation sites (tertiary alicyclic amines) is 1. The first-order chi connectivity index (χ1) is 15.4. The van der Waals surface area contributed by atoms with Gasteiger partial charge in [-0.3, -0.25) is 14.6 Å². The molecule has 2 atom stereocenters. The number of carbonyl (C=O) groups excluding carboxylic acids is 1. The second-order valence-corrected chi connectivity index (χ2v) is 8.26. The third-order valence-electron chi connectivity index (χ3n) is 6.09. The van der Waals surface area contributed by atoms with Crippen LogP contribution in [0.3, 0.4) is 0 Å². The molecule has 3 heterocycles. The highest BCUT2D eigenvalue weighted by atomic mass is 16.3. The number of aryl methyl sites for hydroxylation is 1. The Labute approximate surface area is 183 Å². The van der Waals surface area contributed by atoms with Gasteiger partial charge in [0.25, 0.3) is 11.5 Å². The van der Waals surface area contributed by atoms with Crippen molar-refractivity contribution in [3.8, 4) is 11.3 Å². The minimum Gasteiger partial charge on any atom is -0.390 e. The molecule has 0 radical (unpaired) electrons. The number of piperidine rings is 1. The quantitative estimate of drug-likeness (QED) is 0.501. The van der Waals surface area contributed by atoms with Crippen LogP contribution in [0.25, 0.3) is 33.1 Å². The summed E-state index contributed by atoms with van der Waals surface area (Å²) in [6.45, 7) is 0.734. The number of amides is 1. The SMILES string of the molecule is Cn1ccc2cc(-c3cnc4ccc(C(=O)N5CCC(N)C(O)C5)cc4n3)ccc2c1=O. The van der Waals surface area contributed by atoms with E-state index in [9.17, 15) is 14.7 Å². The second-order valence-electron chi connectivity index (χ2n) is 8.26. The lowest BCUT2D eigenvalue weighted by Gasteiger charge is -2.34. The van der Waals surface area contributed by atoms with E-state index in [0.717, 1.165) is 10.9 Å². The Morgan fingerprint density at radius 2 is 2.00 bits per heavy atom. The minimum atomic E-state index is -0.718. The zero-order chi connectivity index (χ0) is 22.4. The summed E-state index contributed by atoms with van der Waals surface area (Å²) < 4.78 is 1.55. The van der Waals surface area contributed by atoms with E-state index in [-0.39, 0.29) is 24.1 Å². The van der Waals surface area contributed by atoms with Crippen LogP contribution in [-0.4, -0.2) is 55.7 Å². The van der Waals surface area contributed by atoms with Crippen LogP contribution in [0, 0.1) is 0 Å². The van der Waals surface area contributed by atoms with E-state index in [1.165, 1.54) is 0 Å². The molecule has 8 nitrogen and oxygen atoms in total. The van der Waals surface area contributed by atoms with Gasteiger partial charge in [0.1, 0.15) is 0 Å². The summed E-state index contributed by atoms with van der Waals surface area (Å²) in [5.41, 5.74) is 9.07. The molecule has 0 bridgehead atoms. The summed E-state index contributed by atoms with van der Waals surface area (Å²) in [6.07, 6.45) is 3.27. The smallest absolute Gasteiger partial charge is 0.258 e. The number of hydrogen-bond acceptors (Lipinski definition) is 6. The molecule has 1 saturated heterocycles. The Morgan fingerprint density at radius 3 is 2.81 bits per heavy atom. The molecule has 32 heavy (non-hydrogen) atoms. The highest BCUT2D eigenvalue weighted by Gasteiger charge is 2.28. The van der Waals surface area contributed by atoms with Gasteiger partial charge in [0.2, 0.25) is 0 Å². The van der Waals surface area contributed by atoms with Crippen molar-refractivity contribution >= 4 is 27.7 Å². The molecular weight excluding hydrogens is 406 g/mol. The van der Waals surface area contributed by atoms with Crippen molar-refractivity contribution in [1.82, 2.24) is 19.4 Å².